The van der Waals surface area contributed by atoms with Crippen molar-refractivity contribution in [1.82, 2.24) is 4.98 Å². The lowest BCUT2D eigenvalue weighted by atomic mass is 10.2. The zero-order chi connectivity index (χ0) is 9.68. The molecule has 0 bridgehead atoms. The monoisotopic (exact) mass is 199 g/mol. The molecule has 0 amide bonds. The molecule has 1 aromatic rings. The predicted octanol–water partition coefficient (Wildman–Crippen LogP) is 1.99. The van der Waals surface area contributed by atoms with Crippen molar-refractivity contribution < 1.29 is 0 Å². The van der Waals surface area contributed by atoms with Crippen LogP contribution in [-0.2, 0) is 0 Å². The Morgan fingerprint density at radius 1 is 1.69 bits per heavy atom. The van der Waals surface area contributed by atoms with E-state index in [0.717, 1.165) is 23.7 Å². The second kappa shape index (κ2) is 5.19. The van der Waals surface area contributed by atoms with Crippen LogP contribution in [0, 0.1) is 6.92 Å². The number of rotatable bonds is 5. The Labute approximate surface area is 83.4 Å². The summed E-state index contributed by atoms with van der Waals surface area (Å²) in [5.74, 6) is 0. The van der Waals surface area contributed by atoms with E-state index >= 15 is 0 Å². The van der Waals surface area contributed by atoms with Crippen LogP contribution in [0.4, 0.5) is 5.13 Å². The van der Waals surface area contributed by atoms with E-state index in [1.165, 1.54) is 0 Å². The van der Waals surface area contributed by atoms with Crippen LogP contribution in [0.25, 0.3) is 0 Å². The fourth-order valence-corrected chi connectivity index (χ4v) is 1.96. The van der Waals surface area contributed by atoms with Gasteiger partial charge in [-0.3, -0.25) is 0 Å². The Bertz CT molecular complexity index is 247. The average molecular weight is 199 g/mol. The summed E-state index contributed by atoms with van der Waals surface area (Å²) in [6.45, 7) is 4.84. The van der Waals surface area contributed by atoms with E-state index in [9.17, 15) is 0 Å². The number of hydrogen-bond donors (Lipinski definition) is 2. The van der Waals surface area contributed by atoms with Crippen LogP contribution < -0.4 is 11.1 Å². The molecule has 1 heterocycles. The molecule has 1 atom stereocenters. The minimum atomic E-state index is 0.371. The number of aryl methyl sites for hydroxylation is 1. The van der Waals surface area contributed by atoms with Crippen LogP contribution in [0.2, 0.25) is 0 Å². The van der Waals surface area contributed by atoms with Crippen molar-refractivity contribution >= 4 is 16.5 Å². The van der Waals surface area contributed by atoms with Gasteiger partial charge >= 0.3 is 0 Å². The Balaban J connectivity index is 2.46. The number of anilines is 1. The molecule has 0 fully saturated rings. The number of aromatic nitrogens is 1. The van der Waals surface area contributed by atoms with Crippen LogP contribution in [0.1, 0.15) is 25.5 Å². The van der Waals surface area contributed by atoms with Gasteiger partial charge in [0.15, 0.2) is 5.13 Å². The minimum absolute atomic E-state index is 0.371. The molecule has 1 rings (SSSR count). The normalized spacial score (nSPS) is 12.8. The van der Waals surface area contributed by atoms with E-state index in [4.69, 9.17) is 5.73 Å². The number of nitrogens with zero attached hydrogens (tertiary/aromatic N) is 1. The molecule has 74 valence electrons. The highest BCUT2D eigenvalue weighted by molar-refractivity contribution is 7.13. The molecular formula is C9H17N3S. The van der Waals surface area contributed by atoms with Gasteiger partial charge in [0.05, 0.1) is 5.69 Å². The van der Waals surface area contributed by atoms with Crippen molar-refractivity contribution in [2.24, 2.45) is 5.73 Å². The van der Waals surface area contributed by atoms with Gasteiger partial charge in [-0.15, -0.1) is 11.3 Å². The van der Waals surface area contributed by atoms with Gasteiger partial charge in [0, 0.05) is 18.0 Å². The summed E-state index contributed by atoms with van der Waals surface area (Å²) in [6, 6.07) is 0.371. The van der Waals surface area contributed by atoms with Crippen molar-refractivity contribution in [2.45, 2.75) is 32.7 Å². The van der Waals surface area contributed by atoms with E-state index in [1.807, 2.05) is 12.3 Å². The predicted molar refractivity (Wildman–Crippen MR) is 58.2 cm³/mol. The summed E-state index contributed by atoms with van der Waals surface area (Å²) in [4.78, 5) is 4.33. The van der Waals surface area contributed by atoms with Gasteiger partial charge in [0.25, 0.3) is 0 Å². The standard InChI is InChI=1S/C9H17N3S/c1-3-4-8(5-10)12-9-11-7(2)6-13-9/h6,8H,3-5,10H2,1-2H3,(H,11,12). The van der Waals surface area contributed by atoms with Gasteiger partial charge in [-0.25, -0.2) is 4.98 Å². The van der Waals surface area contributed by atoms with Crippen molar-refractivity contribution in [3.8, 4) is 0 Å². The Hall–Kier alpha value is -0.610. The summed E-state index contributed by atoms with van der Waals surface area (Å²) in [5, 5.41) is 6.36. The molecule has 0 radical (unpaired) electrons. The maximum Gasteiger partial charge on any atom is 0.183 e. The third-order valence-electron chi connectivity index (χ3n) is 1.87. The van der Waals surface area contributed by atoms with Crippen molar-refractivity contribution in [3.63, 3.8) is 0 Å². The van der Waals surface area contributed by atoms with Gasteiger partial charge in [-0.2, -0.15) is 0 Å². The highest BCUT2D eigenvalue weighted by Crippen LogP contribution is 2.16. The second-order valence-electron chi connectivity index (χ2n) is 3.16. The van der Waals surface area contributed by atoms with Crippen molar-refractivity contribution in [3.05, 3.63) is 11.1 Å². The van der Waals surface area contributed by atoms with Crippen LogP contribution in [0.3, 0.4) is 0 Å². The first kappa shape index (κ1) is 10.5. The summed E-state index contributed by atoms with van der Waals surface area (Å²) >= 11 is 1.64. The van der Waals surface area contributed by atoms with E-state index in [1.54, 1.807) is 11.3 Å². The lowest BCUT2D eigenvalue weighted by Gasteiger charge is -2.14. The smallest absolute Gasteiger partial charge is 0.183 e. The number of hydrogen-bond acceptors (Lipinski definition) is 4. The van der Waals surface area contributed by atoms with E-state index in [0.29, 0.717) is 12.6 Å². The van der Waals surface area contributed by atoms with Crippen LogP contribution >= 0.6 is 11.3 Å². The first-order valence-electron chi connectivity index (χ1n) is 4.65. The first-order valence-corrected chi connectivity index (χ1v) is 5.53. The van der Waals surface area contributed by atoms with Crippen LogP contribution in [0.5, 0.6) is 0 Å². The van der Waals surface area contributed by atoms with Crippen molar-refractivity contribution in [2.75, 3.05) is 11.9 Å². The van der Waals surface area contributed by atoms with Gasteiger partial charge in [-0.1, -0.05) is 13.3 Å². The Morgan fingerprint density at radius 3 is 2.92 bits per heavy atom. The highest BCUT2D eigenvalue weighted by Gasteiger charge is 2.06. The Kier molecular flexibility index (Phi) is 4.18. The molecule has 0 aliphatic carbocycles. The van der Waals surface area contributed by atoms with Gasteiger partial charge in [0.2, 0.25) is 0 Å². The van der Waals surface area contributed by atoms with Gasteiger partial charge in [0.1, 0.15) is 0 Å². The fraction of sp³-hybridized carbons (Fsp3) is 0.667. The topological polar surface area (TPSA) is 50.9 Å². The molecule has 4 heteroatoms. The Morgan fingerprint density at radius 2 is 2.46 bits per heavy atom. The number of nitrogens with one attached hydrogen (secondary N) is 1. The quantitative estimate of drug-likeness (QED) is 0.762. The SMILES string of the molecule is CCCC(CN)Nc1nc(C)cs1. The van der Waals surface area contributed by atoms with E-state index < -0.39 is 0 Å². The third-order valence-corrected chi connectivity index (χ3v) is 2.76. The second-order valence-corrected chi connectivity index (χ2v) is 4.02. The van der Waals surface area contributed by atoms with Gasteiger partial charge in [-0.05, 0) is 13.3 Å². The van der Waals surface area contributed by atoms with Crippen LogP contribution in [0.15, 0.2) is 5.38 Å². The summed E-state index contributed by atoms with van der Waals surface area (Å²) in [6.07, 6.45) is 2.26. The summed E-state index contributed by atoms with van der Waals surface area (Å²) < 4.78 is 0. The molecule has 3 nitrogen and oxygen atoms in total. The molecule has 1 aromatic heterocycles. The van der Waals surface area contributed by atoms with Crippen molar-refractivity contribution in [1.29, 1.82) is 0 Å². The zero-order valence-corrected chi connectivity index (χ0v) is 9.03. The molecular weight excluding hydrogens is 182 g/mol. The molecule has 0 saturated heterocycles. The number of thiazole rings is 1. The largest absolute Gasteiger partial charge is 0.358 e. The molecule has 0 saturated carbocycles. The lowest BCUT2D eigenvalue weighted by Crippen LogP contribution is -2.28. The maximum absolute atomic E-state index is 5.63. The lowest BCUT2D eigenvalue weighted by molar-refractivity contribution is 0.647. The van der Waals surface area contributed by atoms with E-state index in [2.05, 4.69) is 17.2 Å². The fourth-order valence-electron chi connectivity index (χ4n) is 1.19. The average Bonchev–Trinajstić information content (AvgIpc) is 2.50. The minimum Gasteiger partial charge on any atom is -0.358 e. The van der Waals surface area contributed by atoms with Crippen LogP contribution in [-0.4, -0.2) is 17.6 Å². The molecule has 1 unspecified atom stereocenters. The maximum atomic E-state index is 5.63. The molecule has 3 N–H and O–H groups in total. The molecule has 0 aliphatic rings. The summed E-state index contributed by atoms with van der Waals surface area (Å²) in [5.41, 5.74) is 6.70. The highest BCUT2D eigenvalue weighted by atomic mass is 32.1. The molecule has 0 aromatic carbocycles. The van der Waals surface area contributed by atoms with Gasteiger partial charge < -0.3 is 11.1 Å². The molecule has 13 heavy (non-hydrogen) atoms. The third kappa shape index (κ3) is 3.32. The summed E-state index contributed by atoms with van der Waals surface area (Å²) in [7, 11) is 0. The molecule has 0 aliphatic heterocycles. The number of nitrogens with two attached hydrogens (primary N) is 1. The van der Waals surface area contributed by atoms with E-state index in [-0.39, 0.29) is 0 Å². The first-order chi connectivity index (χ1) is 6.26. The molecule has 0 spiro atoms. The zero-order valence-electron chi connectivity index (χ0n) is 8.21.